The smallest absolute Gasteiger partial charge is 0.146 e. The van der Waals surface area contributed by atoms with E-state index in [0.717, 1.165) is 22.4 Å². The summed E-state index contributed by atoms with van der Waals surface area (Å²) in [5.41, 5.74) is 11.2. The molecule has 3 N–H and O–H groups in total. The van der Waals surface area contributed by atoms with Crippen LogP contribution in [-0.4, -0.2) is 0 Å². The van der Waals surface area contributed by atoms with Crippen molar-refractivity contribution in [3.8, 4) is 0 Å². The van der Waals surface area contributed by atoms with Gasteiger partial charge in [0.2, 0.25) is 0 Å². The van der Waals surface area contributed by atoms with Crippen LogP contribution in [0.5, 0.6) is 0 Å². The molecular formula is C16H19FN2. The van der Waals surface area contributed by atoms with Crippen LogP contribution >= 0.6 is 0 Å². The Morgan fingerprint density at radius 3 is 2.21 bits per heavy atom. The van der Waals surface area contributed by atoms with Crippen molar-refractivity contribution in [2.45, 2.75) is 27.3 Å². The third-order valence-corrected chi connectivity index (χ3v) is 3.21. The van der Waals surface area contributed by atoms with E-state index in [4.69, 9.17) is 5.73 Å². The van der Waals surface area contributed by atoms with Gasteiger partial charge in [0.1, 0.15) is 5.82 Å². The summed E-state index contributed by atoms with van der Waals surface area (Å²) in [4.78, 5) is 0. The molecule has 0 aliphatic carbocycles. The molecule has 0 heterocycles. The first kappa shape index (κ1) is 13.6. The fraction of sp³-hybridized carbons (Fsp3) is 0.250. The molecule has 0 spiro atoms. The van der Waals surface area contributed by atoms with Crippen LogP contribution < -0.4 is 11.1 Å². The van der Waals surface area contributed by atoms with Crippen LogP contribution in [-0.2, 0) is 6.54 Å². The molecule has 2 nitrogen and oxygen atoms in total. The van der Waals surface area contributed by atoms with Crippen molar-refractivity contribution in [3.63, 3.8) is 0 Å². The molecule has 0 aromatic heterocycles. The number of aryl methyl sites for hydroxylation is 3. The Morgan fingerprint density at radius 2 is 1.68 bits per heavy atom. The molecule has 3 heteroatoms. The number of hydrogen-bond acceptors (Lipinski definition) is 2. The lowest BCUT2D eigenvalue weighted by molar-refractivity contribution is 0.629. The zero-order valence-corrected chi connectivity index (χ0v) is 11.5. The summed E-state index contributed by atoms with van der Waals surface area (Å²) >= 11 is 0. The second kappa shape index (κ2) is 5.41. The predicted octanol–water partition coefficient (Wildman–Crippen LogP) is 3.95. The molecule has 0 bridgehead atoms. The van der Waals surface area contributed by atoms with Gasteiger partial charge in [0.05, 0.1) is 5.69 Å². The monoisotopic (exact) mass is 258 g/mol. The summed E-state index contributed by atoms with van der Waals surface area (Å²) in [5.74, 6) is -0.276. The van der Waals surface area contributed by atoms with Gasteiger partial charge in [-0.1, -0.05) is 23.8 Å². The van der Waals surface area contributed by atoms with Crippen LogP contribution in [0.2, 0.25) is 0 Å². The summed E-state index contributed by atoms with van der Waals surface area (Å²) in [5, 5.41) is 3.17. The molecule has 0 saturated heterocycles. The summed E-state index contributed by atoms with van der Waals surface area (Å²) in [7, 11) is 0. The lowest BCUT2D eigenvalue weighted by Gasteiger charge is -2.15. The zero-order chi connectivity index (χ0) is 14.0. The molecule has 2 aromatic rings. The summed E-state index contributed by atoms with van der Waals surface area (Å²) in [6.07, 6.45) is 0. The van der Waals surface area contributed by atoms with E-state index in [1.54, 1.807) is 6.07 Å². The highest BCUT2D eigenvalue weighted by Crippen LogP contribution is 2.27. The third-order valence-electron chi connectivity index (χ3n) is 3.21. The minimum absolute atomic E-state index is 0.276. The molecular weight excluding hydrogens is 239 g/mol. The van der Waals surface area contributed by atoms with Crippen molar-refractivity contribution in [2.75, 3.05) is 5.32 Å². The molecule has 0 fully saturated rings. The first-order valence-corrected chi connectivity index (χ1v) is 6.34. The Balaban J connectivity index is 2.36. The van der Waals surface area contributed by atoms with Gasteiger partial charge in [0.25, 0.3) is 0 Å². The minimum Gasteiger partial charge on any atom is -0.353 e. The largest absolute Gasteiger partial charge is 0.353 e. The third kappa shape index (κ3) is 2.93. The fourth-order valence-electron chi connectivity index (χ4n) is 2.30. The number of nitrogens with two attached hydrogens (primary N) is 1. The van der Waals surface area contributed by atoms with Gasteiger partial charge in [-0.05, 0) is 49.6 Å². The average Bonchev–Trinajstić information content (AvgIpc) is 2.35. The second-order valence-electron chi connectivity index (χ2n) is 4.92. The topological polar surface area (TPSA) is 38.0 Å². The Hall–Kier alpha value is -1.87. The Bertz CT molecular complexity index is 583. The van der Waals surface area contributed by atoms with Crippen molar-refractivity contribution >= 4 is 11.4 Å². The standard InChI is InChI=1S/C16H19FN2/c1-10-6-11(2)16(12(3)7-10)19-15-5-4-13(9-18)8-14(15)17/h4-8,19H,9,18H2,1-3H3. The van der Waals surface area contributed by atoms with Crippen LogP contribution in [0.1, 0.15) is 22.3 Å². The Morgan fingerprint density at radius 1 is 1.05 bits per heavy atom. The molecule has 19 heavy (non-hydrogen) atoms. The van der Waals surface area contributed by atoms with Gasteiger partial charge in [0.15, 0.2) is 0 Å². The molecule has 0 unspecified atom stereocenters. The van der Waals surface area contributed by atoms with Crippen LogP contribution in [0.4, 0.5) is 15.8 Å². The lowest BCUT2D eigenvalue weighted by atomic mass is 10.0. The molecule has 2 rings (SSSR count). The highest BCUT2D eigenvalue weighted by atomic mass is 19.1. The van der Waals surface area contributed by atoms with Crippen molar-refractivity contribution in [1.29, 1.82) is 0 Å². The molecule has 0 aliphatic heterocycles. The van der Waals surface area contributed by atoms with Gasteiger partial charge in [-0.2, -0.15) is 0 Å². The quantitative estimate of drug-likeness (QED) is 0.874. The molecule has 100 valence electrons. The second-order valence-corrected chi connectivity index (χ2v) is 4.92. The van der Waals surface area contributed by atoms with E-state index < -0.39 is 0 Å². The first-order chi connectivity index (χ1) is 9.01. The van der Waals surface area contributed by atoms with E-state index in [1.807, 2.05) is 19.9 Å². The average molecular weight is 258 g/mol. The number of rotatable bonds is 3. The van der Waals surface area contributed by atoms with Gasteiger partial charge in [-0.25, -0.2) is 4.39 Å². The van der Waals surface area contributed by atoms with Crippen molar-refractivity contribution in [1.82, 2.24) is 0 Å². The summed E-state index contributed by atoms with van der Waals surface area (Å²) < 4.78 is 13.9. The van der Waals surface area contributed by atoms with E-state index in [-0.39, 0.29) is 5.82 Å². The maximum Gasteiger partial charge on any atom is 0.146 e. The highest BCUT2D eigenvalue weighted by Gasteiger charge is 2.08. The maximum absolute atomic E-state index is 13.9. The first-order valence-electron chi connectivity index (χ1n) is 6.34. The van der Waals surface area contributed by atoms with Gasteiger partial charge >= 0.3 is 0 Å². The predicted molar refractivity (Wildman–Crippen MR) is 78.2 cm³/mol. The molecule has 0 saturated carbocycles. The summed E-state index contributed by atoms with van der Waals surface area (Å²) in [6, 6.07) is 9.21. The van der Waals surface area contributed by atoms with Crippen LogP contribution in [0.15, 0.2) is 30.3 Å². The molecule has 0 amide bonds. The highest BCUT2D eigenvalue weighted by molar-refractivity contribution is 5.67. The van der Waals surface area contributed by atoms with E-state index >= 15 is 0 Å². The van der Waals surface area contributed by atoms with Gasteiger partial charge in [-0.15, -0.1) is 0 Å². The number of halogens is 1. The van der Waals surface area contributed by atoms with Crippen molar-refractivity contribution in [3.05, 3.63) is 58.4 Å². The van der Waals surface area contributed by atoms with Crippen molar-refractivity contribution < 1.29 is 4.39 Å². The number of hydrogen-bond donors (Lipinski definition) is 2. The molecule has 2 aromatic carbocycles. The normalized spacial score (nSPS) is 10.6. The number of anilines is 2. The van der Waals surface area contributed by atoms with Gasteiger partial charge < -0.3 is 11.1 Å². The number of benzene rings is 2. The van der Waals surface area contributed by atoms with Crippen LogP contribution in [0.25, 0.3) is 0 Å². The molecule has 0 aliphatic rings. The van der Waals surface area contributed by atoms with Crippen molar-refractivity contribution in [2.24, 2.45) is 5.73 Å². The van der Waals surface area contributed by atoms with E-state index in [1.165, 1.54) is 11.6 Å². The van der Waals surface area contributed by atoms with Crippen LogP contribution in [0.3, 0.4) is 0 Å². The zero-order valence-electron chi connectivity index (χ0n) is 11.5. The number of nitrogens with one attached hydrogen (secondary N) is 1. The summed E-state index contributed by atoms with van der Waals surface area (Å²) in [6.45, 7) is 6.45. The fourth-order valence-corrected chi connectivity index (χ4v) is 2.30. The van der Waals surface area contributed by atoms with E-state index in [2.05, 4.69) is 24.4 Å². The molecule has 0 atom stereocenters. The van der Waals surface area contributed by atoms with Gasteiger partial charge in [-0.3, -0.25) is 0 Å². The minimum atomic E-state index is -0.276. The lowest BCUT2D eigenvalue weighted by Crippen LogP contribution is -2.01. The van der Waals surface area contributed by atoms with E-state index in [0.29, 0.717) is 12.2 Å². The van der Waals surface area contributed by atoms with Gasteiger partial charge in [0, 0.05) is 12.2 Å². The Kier molecular flexibility index (Phi) is 3.86. The van der Waals surface area contributed by atoms with Crippen LogP contribution in [0, 0.1) is 26.6 Å². The SMILES string of the molecule is Cc1cc(C)c(Nc2ccc(CN)cc2F)c(C)c1. The van der Waals surface area contributed by atoms with E-state index in [9.17, 15) is 4.39 Å². The maximum atomic E-state index is 13.9. The molecule has 0 radical (unpaired) electrons. The Labute approximate surface area is 113 Å².